The molecular formula is C15H16ClN3O3S. The molecule has 3 rings (SSSR count). The molecule has 3 N–H and O–H groups in total. The molecule has 0 spiro atoms. The minimum Gasteiger partial charge on any atom is -0.394 e. The molecule has 3 aromatic rings. The van der Waals surface area contributed by atoms with Crippen LogP contribution in [0.15, 0.2) is 59.8 Å². The first-order valence-corrected chi connectivity index (χ1v) is 8.12. The topological polar surface area (TPSA) is 98.2 Å². The van der Waals surface area contributed by atoms with E-state index < -0.39 is 16.1 Å². The van der Waals surface area contributed by atoms with Gasteiger partial charge in [-0.25, -0.2) is 12.4 Å². The van der Waals surface area contributed by atoms with E-state index in [1.807, 2.05) is 0 Å². The third kappa shape index (κ3) is 2.96. The Morgan fingerprint density at radius 3 is 2.57 bits per heavy atom. The Morgan fingerprint density at radius 1 is 1.22 bits per heavy atom. The van der Waals surface area contributed by atoms with Crippen molar-refractivity contribution in [1.82, 2.24) is 8.96 Å². The molecule has 6 nitrogen and oxygen atoms in total. The van der Waals surface area contributed by atoms with Crippen LogP contribution in [0.4, 0.5) is 0 Å². The van der Waals surface area contributed by atoms with Gasteiger partial charge in [0.25, 0.3) is 10.0 Å². The van der Waals surface area contributed by atoms with Crippen LogP contribution in [0.3, 0.4) is 0 Å². The molecule has 0 aliphatic rings. The van der Waals surface area contributed by atoms with Gasteiger partial charge >= 0.3 is 0 Å². The van der Waals surface area contributed by atoms with Crippen LogP contribution in [0.25, 0.3) is 10.9 Å². The van der Waals surface area contributed by atoms with Crippen molar-refractivity contribution >= 4 is 33.3 Å². The van der Waals surface area contributed by atoms with E-state index in [9.17, 15) is 13.5 Å². The first-order valence-electron chi connectivity index (χ1n) is 6.68. The molecule has 0 saturated carbocycles. The van der Waals surface area contributed by atoms with E-state index in [-0.39, 0.29) is 23.9 Å². The summed E-state index contributed by atoms with van der Waals surface area (Å²) in [4.78, 5) is 4.16. The maximum absolute atomic E-state index is 13.0. The molecular weight excluding hydrogens is 338 g/mol. The summed E-state index contributed by atoms with van der Waals surface area (Å²) in [6.07, 6.45) is 3.09. The Labute approximate surface area is 140 Å². The zero-order valence-electron chi connectivity index (χ0n) is 12.0. The van der Waals surface area contributed by atoms with Crippen LogP contribution in [0, 0.1) is 0 Å². The predicted octanol–water partition coefficient (Wildman–Crippen LogP) is 1.69. The fourth-order valence-electron chi connectivity index (χ4n) is 2.37. The Morgan fingerprint density at radius 2 is 1.91 bits per heavy atom. The van der Waals surface area contributed by atoms with Crippen molar-refractivity contribution in [2.24, 2.45) is 5.73 Å². The standard InChI is InChI=1S/C15H15N3O3S.ClH/c16-13(10-19)15-8-11-9-17-7-6-14(11)18(15)22(20,21)12-4-2-1-3-5-12;/h1-9,13,19H,10,16H2;1H. The summed E-state index contributed by atoms with van der Waals surface area (Å²) in [7, 11) is -3.81. The minimum atomic E-state index is -3.81. The summed E-state index contributed by atoms with van der Waals surface area (Å²) >= 11 is 0. The lowest BCUT2D eigenvalue weighted by atomic mass is 10.2. The van der Waals surface area contributed by atoms with Gasteiger partial charge in [0.1, 0.15) is 0 Å². The number of fused-ring (bicyclic) bond motifs is 1. The quantitative estimate of drug-likeness (QED) is 0.743. The van der Waals surface area contributed by atoms with Gasteiger partial charge < -0.3 is 10.8 Å². The Hall–Kier alpha value is -1.93. The fourth-order valence-corrected chi connectivity index (χ4v) is 3.97. The number of benzene rings is 1. The third-order valence-electron chi connectivity index (χ3n) is 3.44. The Balaban J connectivity index is 0.00000192. The summed E-state index contributed by atoms with van der Waals surface area (Å²) < 4.78 is 27.1. The molecule has 0 saturated heterocycles. The zero-order valence-corrected chi connectivity index (χ0v) is 13.7. The number of rotatable bonds is 4. The number of hydrogen-bond acceptors (Lipinski definition) is 5. The van der Waals surface area contributed by atoms with Crippen LogP contribution < -0.4 is 5.73 Å². The van der Waals surface area contributed by atoms with Gasteiger partial charge in [-0.05, 0) is 24.3 Å². The Bertz CT molecular complexity index is 910. The van der Waals surface area contributed by atoms with Crippen molar-refractivity contribution in [3.63, 3.8) is 0 Å². The monoisotopic (exact) mass is 353 g/mol. The number of nitrogens with two attached hydrogens (primary N) is 1. The van der Waals surface area contributed by atoms with E-state index in [0.29, 0.717) is 16.6 Å². The van der Waals surface area contributed by atoms with Crippen molar-refractivity contribution in [2.75, 3.05) is 6.61 Å². The first-order chi connectivity index (χ1) is 10.6. The molecule has 2 aromatic heterocycles. The molecule has 0 radical (unpaired) electrons. The molecule has 8 heteroatoms. The molecule has 0 bridgehead atoms. The van der Waals surface area contributed by atoms with Crippen LogP contribution in [0.1, 0.15) is 11.7 Å². The van der Waals surface area contributed by atoms with Crippen molar-refractivity contribution in [3.8, 4) is 0 Å². The van der Waals surface area contributed by atoms with Gasteiger partial charge in [-0.3, -0.25) is 4.98 Å². The number of aromatic nitrogens is 2. The molecule has 2 heterocycles. The molecule has 122 valence electrons. The maximum atomic E-state index is 13.0. The second kappa shape index (κ2) is 6.67. The van der Waals surface area contributed by atoms with Gasteiger partial charge in [0.2, 0.25) is 0 Å². The fraction of sp³-hybridized carbons (Fsp3) is 0.133. The van der Waals surface area contributed by atoms with Gasteiger partial charge in [-0.1, -0.05) is 18.2 Å². The summed E-state index contributed by atoms with van der Waals surface area (Å²) in [5, 5.41) is 9.98. The highest BCUT2D eigenvalue weighted by atomic mass is 35.5. The average molecular weight is 354 g/mol. The van der Waals surface area contributed by atoms with E-state index in [4.69, 9.17) is 5.73 Å². The predicted molar refractivity (Wildman–Crippen MR) is 90.0 cm³/mol. The maximum Gasteiger partial charge on any atom is 0.268 e. The molecule has 0 amide bonds. The number of nitrogens with zero attached hydrogens (tertiary/aromatic N) is 2. The number of aliphatic hydroxyl groups is 1. The van der Waals surface area contributed by atoms with Crippen LogP contribution in [-0.2, 0) is 10.0 Å². The zero-order chi connectivity index (χ0) is 15.7. The second-order valence-electron chi connectivity index (χ2n) is 4.88. The van der Waals surface area contributed by atoms with Crippen molar-refractivity contribution in [2.45, 2.75) is 10.9 Å². The first kappa shape index (κ1) is 17.4. The van der Waals surface area contributed by atoms with Crippen LogP contribution in [-0.4, -0.2) is 29.1 Å². The lowest BCUT2D eigenvalue weighted by Gasteiger charge is -2.15. The van der Waals surface area contributed by atoms with Crippen molar-refractivity contribution < 1.29 is 13.5 Å². The SMILES string of the molecule is Cl.NC(CO)c1cc2cnccc2n1S(=O)(=O)c1ccccc1. The summed E-state index contributed by atoms with van der Waals surface area (Å²) in [5.74, 6) is 0. The smallest absolute Gasteiger partial charge is 0.268 e. The summed E-state index contributed by atoms with van der Waals surface area (Å²) in [6, 6.07) is 10.6. The highest BCUT2D eigenvalue weighted by Gasteiger charge is 2.25. The minimum absolute atomic E-state index is 0. The van der Waals surface area contributed by atoms with Gasteiger partial charge in [-0.15, -0.1) is 12.4 Å². The van der Waals surface area contributed by atoms with E-state index >= 15 is 0 Å². The van der Waals surface area contributed by atoms with Gasteiger partial charge in [0, 0.05) is 17.8 Å². The van der Waals surface area contributed by atoms with Crippen LogP contribution >= 0.6 is 12.4 Å². The number of aliphatic hydroxyl groups excluding tert-OH is 1. The number of hydrogen-bond donors (Lipinski definition) is 2. The molecule has 23 heavy (non-hydrogen) atoms. The van der Waals surface area contributed by atoms with Crippen molar-refractivity contribution in [3.05, 3.63) is 60.6 Å². The molecule has 0 fully saturated rings. The van der Waals surface area contributed by atoms with Gasteiger partial charge in [0.15, 0.2) is 0 Å². The van der Waals surface area contributed by atoms with Crippen LogP contribution in [0.5, 0.6) is 0 Å². The van der Waals surface area contributed by atoms with E-state index in [2.05, 4.69) is 4.98 Å². The largest absolute Gasteiger partial charge is 0.394 e. The lowest BCUT2D eigenvalue weighted by Crippen LogP contribution is -2.23. The van der Waals surface area contributed by atoms with Crippen LogP contribution in [0.2, 0.25) is 0 Å². The average Bonchev–Trinajstić information content (AvgIpc) is 2.95. The van der Waals surface area contributed by atoms with E-state index in [0.717, 1.165) is 0 Å². The Kier molecular flexibility index (Phi) is 5.06. The normalized spacial score (nSPS) is 12.8. The molecule has 1 atom stereocenters. The summed E-state index contributed by atoms with van der Waals surface area (Å²) in [6.45, 7) is -0.353. The van der Waals surface area contributed by atoms with Gasteiger partial charge in [-0.2, -0.15) is 0 Å². The number of pyridine rings is 1. The molecule has 1 unspecified atom stereocenters. The lowest BCUT2D eigenvalue weighted by molar-refractivity contribution is 0.265. The third-order valence-corrected chi connectivity index (χ3v) is 5.20. The second-order valence-corrected chi connectivity index (χ2v) is 6.66. The van der Waals surface area contributed by atoms with Crippen molar-refractivity contribution in [1.29, 1.82) is 0 Å². The van der Waals surface area contributed by atoms with Gasteiger partial charge in [0.05, 0.1) is 28.8 Å². The van der Waals surface area contributed by atoms with E-state index in [1.165, 1.54) is 22.3 Å². The molecule has 0 aliphatic carbocycles. The number of halogens is 1. The highest BCUT2D eigenvalue weighted by molar-refractivity contribution is 7.90. The highest BCUT2D eigenvalue weighted by Crippen LogP contribution is 2.27. The van der Waals surface area contributed by atoms with E-state index in [1.54, 1.807) is 36.5 Å². The molecule has 0 aliphatic heterocycles. The summed E-state index contributed by atoms with van der Waals surface area (Å²) in [5.41, 5.74) is 6.69. The molecule has 1 aromatic carbocycles.